The van der Waals surface area contributed by atoms with Crippen LogP contribution in [0.15, 0.2) is 48.5 Å². The first-order chi connectivity index (χ1) is 16.0. The molecule has 0 bridgehead atoms. The van der Waals surface area contributed by atoms with Crippen molar-refractivity contribution in [2.24, 2.45) is 5.41 Å². The average molecular weight is 474 g/mol. The minimum atomic E-state index is -4.54. The van der Waals surface area contributed by atoms with Gasteiger partial charge in [-0.1, -0.05) is 30.3 Å². The standard InChI is InChI=1S/C25H25F3N2O4/c1-23(2)33-21(31)24(22(32)34-23)13-17-12-18(25(26,27)28)8-9-19(17)30-11-10-29(15-20(24)30)14-16-6-4-3-5-7-16/h3-9,12,20H,10-11,13-15H2,1-2H3. The molecule has 1 atom stereocenters. The molecular weight excluding hydrogens is 449 g/mol. The van der Waals surface area contributed by atoms with E-state index >= 15 is 0 Å². The van der Waals surface area contributed by atoms with Crippen LogP contribution in [0.1, 0.15) is 30.5 Å². The molecule has 34 heavy (non-hydrogen) atoms. The van der Waals surface area contributed by atoms with E-state index in [1.54, 1.807) is 0 Å². The first kappa shape index (κ1) is 22.7. The van der Waals surface area contributed by atoms with E-state index < -0.39 is 40.9 Å². The Balaban J connectivity index is 1.57. The molecule has 1 spiro atoms. The number of anilines is 1. The van der Waals surface area contributed by atoms with E-state index in [0.29, 0.717) is 31.9 Å². The molecule has 6 nitrogen and oxygen atoms in total. The minimum Gasteiger partial charge on any atom is -0.422 e. The van der Waals surface area contributed by atoms with Gasteiger partial charge < -0.3 is 14.4 Å². The Hall–Kier alpha value is -3.07. The highest BCUT2D eigenvalue weighted by atomic mass is 19.4. The largest absolute Gasteiger partial charge is 0.422 e. The van der Waals surface area contributed by atoms with Crippen LogP contribution in [-0.4, -0.2) is 48.3 Å². The maximum atomic E-state index is 13.4. The van der Waals surface area contributed by atoms with E-state index in [1.807, 2.05) is 35.2 Å². The van der Waals surface area contributed by atoms with Crippen LogP contribution in [0.5, 0.6) is 0 Å². The van der Waals surface area contributed by atoms with Crippen LogP contribution in [0.4, 0.5) is 18.9 Å². The lowest BCUT2D eigenvalue weighted by atomic mass is 9.69. The van der Waals surface area contributed by atoms with Crippen molar-refractivity contribution in [1.82, 2.24) is 4.90 Å². The summed E-state index contributed by atoms with van der Waals surface area (Å²) in [5.74, 6) is -2.95. The number of ether oxygens (including phenoxy) is 2. The highest BCUT2D eigenvalue weighted by molar-refractivity contribution is 6.04. The number of hydrogen-bond donors (Lipinski definition) is 0. The van der Waals surface area contributed by atoms with Crippen molar-refractivity contribution in [2.75, 3.05) is 24.5 Å². The van der Waals surface area contributed by atoms with Crippen molar-refractivity contribution < 1.29 is 32.2 Å². The van der Waals surface area contributed by atoms with Gasteiger partial charge in [0.1, 0.15) is 0 Å². The van der Waals surface area contributed by atoms with Gasteiger partial charge in [-0.05, 0) is 29.3 Å². The molecule has 2 aromatic carbocycles. The van der Waals surface area contributed by atoms with Gasteiger partial charge in [0.15, 0.2) is 5.41 Å². The Morgan fingerprint density at radius 3 is 2.32 bits per heavy atom. The third kappa shape index (κ3) is 3.72. The quantitative estimate of drug-likeness (QED) is 0.488. The SMILES string of the molecule is CC1(C)OC(=O)C2(Cc3cc(C(F)(F)F)ccc3N3CCN(Cc4ccccc4)CC32)C(=O)O1. The maximum absolute atomic E-state index is 13.4. The molecule has 0 amide bonds. The number of halogens is 3. The maximum Gasteiger partial charge on any atom is 0.416 e. The molecule has 2 aromatic rings. The van der Waals surface area contributed by atoms with Gasteiger partial charge in [0, 0.05) is 52.1 Å². The second kappa shape index (κ2) is 7.73. The fraction of sp³-hybridized carbons (Fsp3) is 0.440. The van der Waals surface area contributed by atoms with Gasteiger partial charge in [0.2, 0.25) is 0 Å². The summed E-state index contributed by atoms with van der Waals surface area (Å²) in [5.41, 5.74) is -0.585. The molecule has 1 unspecified atom stereocenters. The van der Waals surface area contributed by atoms with Crippen LogP contribution in [0.2, 0.25) is 0 Å². The highest BCUT2D eigenvalue weighted by Crippen LogP contribution is 2.48. The van der Waals surface area contributed by atoms with Gasteiger partial charge in [-0.3, -0.25) is 14.5 Å². The van der Waals surface area contributed by atoms with Crippen LogP contribution >= 0.6 is 0 Å². The zero-order valence-corrected chi connectivity index (χ0v) is 18.9. The fourth-order valence-electron chi connectivity index (χ4n) is 5.29. The summed E-state index contributed by atoms with van der Waals surface area (Å²) in [6.07, 6.45) is -4.75. The predicted octanol–water partition coefficient (Wildman–Crippen LogP) is 3.77. The van der Waals surface area contributed by atoms with Crippen molar-refractivity contribution in [3.05, 3.63) is 65.2 Å². The molecule has 9 heteroatoms. The zero-order chi connectivity index (χ0) is 24.3. The monoisotopic (exact) mass is 474 g/mol. The van der Waals surface area contributed by atoms with Crippen molar-refractivity contribution in [3.8, 4) is 0 Å². The molecule has 0 aromatic heterocycles. The Bertz CT molecular complexity index is 1110. The minimum absolute atomic E-state index is 0.208. The number of esters is 2. The zero-order valence-electron chi connectivity index (χ0n) is 18.9. The number of fused-ring (bicyclic) bond motifs is 4. The fourth-order valence-corrected chi connectivity index (χ4v) is 5.29. The van der Waals surface area contributed by atoms with E-state index in [0.717, 1.165) is 17.7 Å². The number of nitrogens with zero attached hydrogens (tertiary/aromatic N) is 2. The average Bonchev–Trinajstić information content (AvgIpc) is 2.76. The summed E-state index contributed by atoms with van der Waals surface area (Å²) >= 11 is 0. The molecule has 2 saturated heterocycles. The number of carbonyl (C=O) groups excluding carboxylic acids is 2. The third-order valence-electron chi connectivity index (χ3n) is 6.87. The number of rotatable bonds is 2. The molecule has 0 saturated carbocycles. The van der Waals surface area contributed by atoms with Crippen LogP contribution in [-0.2, 0) is 38.2 Å². The number of cyclic esters (lactones) is 2. The smallest absolute Gasteiger partial charge is 0.416 e. The topological polar surface area (TPSA) is 59.1 Å². The Kier molecular flexibility index (Phi) is 5.16. The first-order valence-electron chi connectivity index (χ1n) is 11.2. The van der Waals surface area contributed by atoms with E-state index in [4.69, 9.17) is 9.47 Å². The molecule has 0 aliphatic carbocycles. The molecule has 0 N–H and O–H groups in total. The molecule has 3 aliphatic rings. The van der Waals surface area contributed by atoms with Crippen LogP contribution in [0, 0.1) is 5.41 Å². The molecule has 5 rings (SSSR count). The van der Waals surface area contributed by atoms with Gasteiger partial charge in [-0.25, -0.2) is 0 Å². The summed E-state index contributed by atoms with van der Waals surface area (Å²) in [4.78, 5) is 30.9. The van der Waals surface area contributed by atoms with Gasteiger partial charge >= 0.3 is 18.1 Å². The second-order valence-corrected chi connectivity index (χ2v) is 9.60. The molecular formula is C25H25F3N2O4. The number of piperazine rings is 1. The van der Waals surface area contributed by atoms with E-state index in [-0.39, 0.29) is 12.0 Å². The second-order valence-electron chi connectivity index (χ2n) is 9.60. The van der Waals surface area contributed by atoms with Crippen LogP contribution < -0.4 is 4.90 Å². The summed E-state index contributed by atoms with van der Waals surface area (Å²) in [7, 11) is 0. The van der Waals surface area contributed by atoms with Crippen molar-refractivity contribution in [3.63, 3.8) is 0 Å². The number of carbonyl (C=O) groups is 2. The molecule has 3 aliphatic heterocycles. The Morgan fingerprint density at radius 1 is 1.00 bits per heavy atom. The van der Waals surface area contributed by atoms with E-state index in [9.17, 15) is 22.8 Å². The van der Waals surface area contributed by atoms with E-state index in [2.05, 4.69) is 4.90 Å². The highest BCUT2D eigenvalue weighted by Gasteiger charge is 2.64. The summed E-state index contributed by atoms with van der Waals surface area (Å²) < 4.78 is 51.3. The lowest BCUT2D eigenvalue weighted by Crippen LogP contribution is -2.70. The molecule has 180 valence electrons. The van der Waals surface area contributed by atoms with Gasteiger partial charge in [0.25, 0.3) is 5.79 Å². The van der Waals surface area contributed by atoms with Crippen molar-refractivity contribution in [2.45, 2.75) is 44.8 Å². The first-order valence-corrected chi connectivity index (χ1v) is 11.2. The van der Waals surface area contributed by atoms with E-state index in [1.165, 1.54) is 19.9 Å². The molecule has 0 radical (unpaired) electrons. The predicted molar refractivity (Wildman–Crippen MR) is 117 cm³/mol. The van der Waals surface area contributed by atoms with Crippen LogP contribution in [0.3, 0.4) is 0 Å². The summed E-state index contributed by atoms with van der Waals surface area (Å²) in [5, 5.41) is 0. The van der Waals surface area contributed by atoms with Crippen molar-refractivity contribution >= 4 is 17.6 Å². The van der Waals surface area contributed by atoms with Gasteiger partial charge in [-0.15, -0.1) is 0 Å². The Labute approximate surface area is 195 Å². The Morgan fingerprint density at radius 2 is 1.68 bits per heavy atom. The van der Waals surface area contributed by atoms with Crippen molar-refractivity contribution in [1.29, 1.82) is 0 Å². The lowest BCUT2D eigenvalue weighted by Gasteiger charge is -2.55. The summed E-state index contributed by atoms with van der Waals surface area (Å²) in [6.45, 7) is 4.98. The number of alkyl halides is 3. The molecule has 2 fully saturated rings. The summed E-state index contributed by atoms with van der Waals surface area (Å²) in [6, 6.07) is 12.7. The van der Waals surface area contributed by atoms with Crippen LogP contribution in [0.25, 0.3) is 0 Å². The van der Waals surface area contributed by atoms with Gasteiger partial charge in [0.05, 0.1) is 11.6 Å². The van der Waals surface area contributed by atoms with Gasteiger partial charge in [-0.2, -0.15) is 13.2 Å². The number of benzene rings is 2. The normalized spacial score (nSPS) is 23.7. The lowest BCUT2D eigenvalue weighted by molar-refractivity contribution is -0.253. The number of hydrogen-bond acceptors (Lipinski definition) is 6. The third-order valence-corrected chi connectivity index (χ3v) is 6.87. The molecule has 3 heterocycles.